The molecule has 3 heteroatoms. The number of aromatic nitrogens is 1. The highest BCUT2D eigenvalue weighted by Crippen LogP contribution is 2.25. The first-order chi connectivity index (χ1) is 10.3. The summed E-state index contributed by atoms with van der Waals surface area (Å²) in [5.74, 6) is 0. The van der Waals surface area contributed by atoms with Crippen LogP contribution in [0.3, 0.4) is 0 Å². The first kappa shape index (κ1) is 15.9. The summed E-state index contributed by atoms with van der Waals surface area (Å²) >= 11 is 0. The van der Waals surface area contributed by atoms with Crippen molar-refractivity contribution >= 4 is 10.8 Å². The molecule has 21 heavy (non-hydrogen) atoms. The van der Waals surface area contributed by atoms with E-state index in [0.29, 0.717) is 6.04 Å². The lowest BCUT2D eigenvalue weighted by Crippen LogP contribution is -2.29. The summed E-state index contributed by atoms with van der Waals surface area (Å²) in [4.78, 5) is 6.90. The molecule has 3 nitrogen and oxygen atoms in total. The predicted molar refractivity (Wildman–Crippen MR) is 90.6 cm³/mol. The van der Waals surface area contributed by atoms with Crippen molar-refractivity contribution in [3.05, 3.63) is 42.2 Å². The van der Waals surface area contributed by atoms with Crippen LogP contribution >= 0.6 is 0 Å². The van der Waals surface area contributed by atoms with Gasteiger partial charge in [-0.2, -0.15) is 0 Å². The Morgan fingerprint density at radius 1 is 1.10 bits per heavy atom. The number of nitrogens with one attached hydrogen (secondary N) is 1. The zero-order chi connectivity index (χ0) is 15.1. The van der Waals surface area contributed by atoms with Crippen LogP contribution in [-0.4, -0.2) is 36.1 Å². The van der Waals surface area contributed by atoms with Crippen LogP contribution in [0, 0.1) is 0 Å². The molecule has 0 radical (unpaired) electrons. The van der Waals surface area contributed by atoms with Crippen molar-refractivity contribution in [3.63, 3.8) is 0 Å². The minimum atomic E-state index is 0.370. The fourth-order valence-corrected chi connectivity index (χ4v) is 2.88. The molecule has 1 N–H and O–H groups in total. The minimum absolute atomic E-state index is 0.370. The van der Waals surface area contributed by atoms with Gasteiger partial charge in [0.15, 0.2) is 0 Å². The number of hydrogen-bond donors (Lipinski definition) is 1. The van der Waals surface area contributed by atoms with Crippen LogP contribution in [0.1, 0.15) is 38.8 Å². The summed E-state index contributed by atoms with van der Waals surface area (Å²) < 4.78 is 0. The average Bonchev–Trinajstić information content (AvgIpc) is 2.54. The summed E-state index contributed by atoms with van der Waals surface area (Å²) in [7, 11) is 0. The lowest BCUT2D eigenvalue weighted by Gasteiger charge is -2.24. The highest BCUT2D eigenvalue weighted by Gasteiger charge is 2.14. The lowest BCUT2D eigenvalue weighted by atomic mass is 9.99. The molecule has 0 aliphatic heterocycles. The van der Waals surface area contributed by atoms with Crippen LogP contribution in [0.5, 0.6) is 0 Å². The molecule has 1 aromatic carbocycles. The van der Waals surface area contributed by atoms with Crippen molar-refractivity contribution in [1.29, 1.82) is 0 Å². The van der Waals surface area contributed by atoms with Crippen molar-refractivity contribution in [2.24, 2.45) is 0 Å². The Morgan fingerprint density at radius 2 is 1.86 bits per heavy atom. The zero-order valence-corrected chi connectivity index (χ0v) is 13.5. The van der Waals surface area contributed by atoms with Gasteiger partial charge in [-0.3, -0.25) is 4.98 Å². The van der Waals surface area contributed by atoms with Gasteiger partial charge in [0.1, 0.15) is 0 Å². The Bertz CT molecular complexity index is 544. The van der Waals surface area contributed by atoms with E-state index >= 15 is 0 Å². The standard InChI is InChI=1S/C18H27N3/c1-4-20-18(11-12-21(5-2)6-3)17-14-19-13-15-9-7-8-10-16(15)17/h7-10,13-14,18,20H,4-6,11-12H2,1-3H3. The fraction of sp³-hybridized carbons (Fsp3) is 0.500. The fourth-order valence-electron chi connectivity index (χ4n) is 2.88. The van der Waals surface area contributed by atoms with E-state index in [2.05, 4.69) is 60.2 Å². The summed E-state index contributed by atoms with van der Waals surface area (Å²) in [5, 5.41) is 6.17. The average molecular weight is 285 g/mol. The van der Waals surface area contributed by atoms with E-state index in [1.165, 1.54) is 16.3 Å². The van der Waals surface area contributed by atoms with E-state index in [9.17, 15) is 0 Å². The molecule has 0 aliphatic carbocycles. The Labute approximate surface area is 128 Å². The third-order valence-electron chi connectivity index (χ3n) is 4.15. The molecule has 1 unspecified atom stereocenters. The molecule has 0 bridgehead atoms. The van der Waals surface area contributed by atoms with Gasteiger partial charge < -0.3 is 10.2 Å². The molecule has 2 rings (SSSR count). The van der Waals surface area contributed by atoms with Gasteiger partial charge in [0, 0.05) is 23.8 Å². The van der Waals surface area contributed by atoms with Gasteiger partial charge in [-0.05, 0) is 43.5 Å². The summed E-state index contributed by atoms with van der Waals surface area (Å²) in [5.41, 5.74) is 1.32. The van der Waals surface area contributed by atoms with Crippen LogP contribution in [0.4, 0.5) is 0 Å². The van der Waals surface area contributed by atoms with Gasteiger partial charge in [0.25, 0.3) is 0 Å². The molecule has 0 amide bonds. The van der Waals surface area contributed by atoms with Gasteiger partial charge in [0.2, 0.25) is 0 Å². The third kappa shape index (κ3) is 4.02. The van der Waals surface area contributed by atoms with E-state index in [-0.39, 0.29) is 0 Å². The second-order valence-corrected chi connectivity index (χ2v) is 5.38. The number of benzene rings is 1. The molecule has 0 aliphatic rings. The number of hydrogen-bond acceptors (Lipinski definition) is 3. The maximum absolute atomic E-state index is 4.43. The third-order valence-corrected chi connectivity index (χ3v) is 4.15. The Hall–Kier alpha value is -1.45. The molecular weight excluding hydrogens is 258 g/mol. The number of fused-ring (bicyclic) bond motifs is 1. The summed E-state index contributed by atoms with van der Waals surface area (Å²) in [6.45, 7) is 11.0. The second-order valence-electron chi connectivity index (χ2n) is 5.38. The topological polar surface area (TPSA) is 28.2 Å². The number of pyridine rings is 1. The van der Waals surface area contributed by atoms with E-state index in [4.69, 9.17) is 0 Å². The molecule has 114 valence electrons. The van der Waals surface area contributed by atoms with Crippen LogP contribution < -0.4 is 5.32 Å². The number of rotatable bonds is 8. The van der Waals surface area contributed by atoms with Crippen molar-refractivity contribution in [2.75, 3.05) is 26.2 Å². The van der Waals surface area contributed by atoms with Crippen LogP contribution in [0.15, 0.2) is 36.7 Å². The lowest BCUT2D eigenvalue weighted by molar-refractivity contribution is 0.283. The molecule has 2 aromatic rings. The smallest absolute Gasteiger partial charge is 0.0353 e. The van der Waals surface area contributed by atoms with Crippen LogP contribution in [0.25, 0.3) is 10.8 Å². The van der Waals surface area contributed by atoms with Crippen molar-refractivity contribution in [1.82, 2.24) is 15.2 Å². The SMILES string of the molecule is CCNC(CCN(CC)CC)c1cncc2ccccc12. The molecule has 1 atom stereocenters. The number of nitrogens with zero attached hydrogens (tertiary/aromatic N) is 2. The van der Waals surface area contributed by atoms with Gasteiger partial charge >= 0.3 is 0 Å². The molecule has 0 spiro atoms. The first-order valence-corrected chi connectivity index (χ1v) is 8.08. The van der Waals surface area contributed by atoms with Crippen LogP contribution in [0.2, 0.25) is 0 Å². The first-order valence-electron chi connectivity index (χ1n) is 8.08. The molecule has 1 aromatic heterocycles. The zero-order valence-electron chi connectivity index (χ0n) is 13.5. The Kier molecular flexibility index (Phi) is 6.15. The highest BCUT2D eigenvalue weighted by molar-refractivity contribution is 5.85. The van der Waals surface area contributed by atoms with Crippen molar-refractivity contribution < 1.29 is 0 Å². The van der Waals surface area contributed by atoms with E-state index in [0.717, 1.165) is 32.6 Å². The monoisotopic (exact) mass is 285 g/mol. The highest BCUT2D eigenvalue weighted by atomic mass is 15.1. The molecule has 1 heterocycles. The van der Waals surface area contributed by atoms with E-state index in [1.807, 2.05) is 12.4 Å². The molecular formula is C18H27N3. The summed E-state index contributed by atoms with van der Waals surface area (Å²) in [6, 6.07) is 8.90. The van der Waals surface area contributed by atoms with Crippen molar-refractivity contribution in [3.8, 4) is 0 Å². The van der Waals surface area contributed by atoms with Gasteiger partial charge in [-0.15, -0.1) is 0 Å². The maximum Gasteiger partial charge on any atom is 0.0353 e. The molecule has 0 saturated carbocycles. The minimum Gasteiger partial charge on any atom is -0.310 e. The van der Waals surface area contributed by atoms with Gasteiger partial charge in [0.05, 0.1) is 0 Å². The Balaban J connectivity index is 2.23. The van der Waals surface area contributed by atoms with Gasteiger partial charge in [-0.1, -0.05) is 45.0 Å². The Morgan fingerprint density at radius 3 is 2.57 bits per heavy atom. The second kappa shape index (κ2) is 8.11. The quantitative estimate of drug-likeness (QED) is 0.803. The normalized spacial score (nSPS) is 13.0. The predicted octanol–water partition coefficient (Wildman–Crippen LogP) is 3.62. The molecule has 0 saturated heterocycles. The van der Waals surface area contributed by atoms with Crippen LogP contribution in [-0.2, 0) is 0 Å². The largest absolute Gasteiger partial charge is 0.310 e. The summed E-state index contributed by atoms with van der Waals surface area (Å²) in [6.07, 6.45) is 5.09. The van der Waals surface area contributed by atoms with Gasteiger partial charge in [-0.25, -0.2) is 0 Å². The van der Waals surface area contributed by atoms with E-state index < -0.39 is 0 Å². The van der Waals surface area contributed by atoms with Crippen molar-refractivity contribution in [2.45, 2.75) is 33.2 Å². The molecule has 0 fully saturated rings. The maximum atomic E-state index is 4.43. The van der Waals surface area contributed by atoms with E-state index in [1.54, 1.807) is 0 Å².